The van der Waals surface area contributed by atoms with Gasteiger partial charge in [0.05, 0.1) is 10.0 Å². The number of hydrogen-bond acceptors (Lipinski definition) is 3. The van der Waals surface area contributed by atoms with E-state index in [-0.39, 0.29) is 11.8 Å². The van der Waals surface area contributed by atoms with Crippen LogP contribution in [0.1, 0.15) is 26.3 Å². The number of hydrogen-bond donors (Lipinski definition) is 1. The first-order valence-corrected chi connectivity index (χ1v) is 11.1. The summed E-state index contributed by atoms with van der Waals surface area (Å²) in [6.45, 7) is 4.82. The minimum Gasteiger partial charge on any atom is -0.368 e. The molecule has 164 valence electrons. The second kappa shape index (κ2) is 9.63. The number of anilines is 2. The van der Waals surface area contributed by atoms with Gasteiger partial charge in [-0.2, -0.15) is 0 Å². The molecule has 3 aromatic carbocycles. The molecule has 0 unspecified atom stereocenters. The first-order chi connectivity index (χ1) is 15.4. The fraction of sp³-hybridized carbons (Fsp3) is 0.200. The van der Waals surface area contributed by atoms with Crippen molar-refractivity contribution in [2.75, 3.05) is 36.4 Å². The number of halogens is 2. The van der Waals surface area contributed by atoms with Crippen LogP contribution < -0.4 is 10.2 Å². The Bertz CT molecular complexity index is 1140. The smallest absolute Gasteiger partial charge is 0.255 e. The maximum Gasteiger partial charge on any atom is 0.255 e. The summed E-state index contributed by atoms with van der Waals surface area (Å²) in [7, 11) is 0. The van der Waals surface area contributed by atoms with Crippen molar-refractivity contribution in [2.45, 2.75) is 6.92 Å². The zero-order valence-electron chi connectivity index (χ0n) is 17.6. The van der Waals surface area contributed by atoms with Crippen LogP contribution in [0.5, 0.6) is 0 Å². The Balaban J connectivity index is 1.35. The van der Waals surface area contributed by atoms with E-state index in [2.05, 4.69) is 10.2 Å². The molecular formula is C25H23Cl2N3O2. The molecule has 3 aromatic rings. The highest BCUT2D eigenvalue weighted by molar-refractivity contribution is 6.42. The predicted molar refractivity (Wildman–Crippen MR) is 130 cm³/mol. The molecular weight excluding hydrogens is 445 g/mol. The Hall–Kier alpha value is -3.02. The largest absolute Gasteiger partial charge is 0.368 e. The number of aryl methyl sites for hydroxylation is 1. The van der Waals surface area contributed by atoms with Crippen molar-refractivity contribution >= 4 is 46.4 Å². The van der Waals surface area contributed by atoms with Gasteiger partial charge >= 0.3 is 0 Å². The fourth-order valence-electron chi connectivity index (χ4n) is 3.75. The first kappa shape index (κ1) is 22.2. The summed E-state index contributed by atoms with van der Waals surface area (Å²) in [4.78, 5) is 29.4. The molecule has 4 rings (SSSR count). The standard InChI is InChI=1S/C25H23Cl2N3O2/c1-17-4-2-3-5-21(17)25(32)30-14-12-29(13-15-30)20-9-7-19(8-10-20)28-24(31)18-6-11-22(26)23(27)16-18/h2-11,16H,12-15H2,1H3,(H,28,31). The lowest BCUT2D eigenvalue weighted by molar-refractivity contribution is 0.0746. The van der Waals surface area contributed by atoms with Crippen molar-refractivity contribution in [3.05, 3.63) is 93.5 Å². The number of rotatable bonds is 4. The van der Waals surface area contributed by atoms with E-state index in [0.29, 0.717) is 34.4 Å². The van der Waals surface area contributed by atoms with Crippen LogP contribution in [0, 0.1) is 6.92 Å². The molecule has 1 aliphatic rings. The van der Waals surface area contributed by atoms with Crippen molar-refractivity contribution in [3.63, 3.8) is 0 Å². The molecule has 0 saturated carbocycles. The monoisotopic (exact) mass is 467 g/mol. The molecule has 1 aliphatic heterocycles. The molecule has 1 fully saturated rings. The molecule has 1 heterocycles. The fourth-order valence-corrected chi connectivity index (χ4v) is 4.05. The molecule has 0 bridgehead atoms. The molecule has 1 N–H and O–H groups in total. The van der Waals surface area contributed by atoms with Gasteiger partial charge < -0.3 is 15.1 Å². The average molecular weight is 468 g/mol. The molecule has 0 aliphatic carbocycles. The van der Waals surface area contributed by atoms with Gasteiger partial charge in [-0.25, -0.2) is 0 Å². The van der Waals surface area contributed by atoms with Crippen LogP contribution in [0.15, 0.2) is 66.7 Å². The number of piperazine rings is 1. The van der Waals surface area contributed by atoms with E-state index in [9.17, 15) is 9.59 Å². The second-order valence-corrected chi connectivity index (χ2v) is 8.54. The maximum absolute atomic E-state index is 12.8. The van der Waals surface area contributed by atoms with E-state index in [1.165, 1.54) is 0 Å². The normalized spacial score (nSPS) is 13.7. The van der Waals surface area contributed by atoms with Crippen LogP contribution in [0.25, 0.3) is 0 Å². The summed E-state index contributed by atoms with van der Waals surface area (Å²) in [6, 6.07) is 20.2. The van der Waals surface area contributed by atoms with Gasteiger partial charge in [0.2, 0.25) is 0 Å². The maximum atomic E-state index is 12.8. The lowest BCUT2D eigenvalue weighted by Crippen LogP contribution is -2.48. The summed E-state index contributed by atoms with van der Waals surface area (Å²) in [5.41, 5.74) is 3.96. The molecule has 32 heavy (non-hydrogen) atoms. The Morgan fingerprint density at radius 2 is 1.53 bits per heavy atom. The predicted octanol–water partition coefficient (Wildman–Crippen LogP) is 5.52. The van der Waals surface area contributed by atoms with E-state index in [1.807, 2.05) is 60.4 Å². The van der Waals surface area contributed by atoms with Crippen LogP contribution in [-0.4, -0.2) is 42.9 Å². The highest BCUT2D eigenvalue weighted by Crippen LogP contribution is 2.24. The molecule has 7 heteroatoms. The lowest BCUT2D eigenvalue weighted by atomic mass is 10.1. The molecule has 5 nitrogen and oxygen atoms in total. The molecule has 0 spiro atoms. The van der Waals surface area contributed by atoms with Gasteiger partial charge in [0.1, 0.15) is 0 Å². The third-order valence-electron chi connectivity index (χ3n) is 5.61. The summed E-state index contributed by atoms with van der Waals surface area (Å²) < 4.78 is 0. The van der Waals surface area contributed by atoms with Crippen LogP contribution in [-0.2, 0) is 0 Å². The minimum atomic E-state index is -0.250. The summed E-state index contributed by atoms with van der Waals surface area (Å²) in [5, 5.41) is 3.62. The minimum absolute atomic E-state index is 0.0862. The lowest BCUT2D eigenvalue weighted by Gasteiger charge is -2.36. The Labute approximate surface area is 197 Å². The summed E-state index contributed by atoms with van der Waals surface area (Å²) >= 11 is 11.9. The summed E-state index contributed by atoms with van der Waals surface area (Å²) in [6.07, 6.45) is 0. The number of benzene rings is 3. The third-order valence-corrected chi connectivity index (χ3v) is 6.35. The highest BCUT2D eigenvalue weighted by Gasteiger charge is 2.23. The van der Waals surface area contributed by atoms with E-state index in [4.69, 9.17) is 23.2 Å². The van der Waals surface area contributed by atoms with Gasteiger partial charge in [-0.1, -0.05) is 41.4 Å². The van der Waals surface area contributed by atoms with Crippen LogP contribution >= 0.6 is 23.2 Å². The van der Waals surface area contributed by atoms with E-state index >= 15 is 0 Å². The van der Waals surface area contributed by atoms with Gasteiger partial charge in [0, 0.05) is 48.7 Å². The molecule has 0 atom stereocenters. The third kappa shape index (κ3) is 4.90. The van der Waals surface area contributed by atoms with E-state index in [0.717, 1.165) is 29.9 Å². The quantitative estimate of drug-likeness (QED) is 0.549. The zero-order valence-corrected chi connectivity index (χ0v) is 19.2. The van der Waals surface area contributed by atoms with Gasteiger partial charge in [0.25, 0.3) is 11.8 Å². The van der Waals surface area contributed by atoms with Crippen molar-refractivity contribution in [3.8, 4) is 0 Å². The number of nitrogens with one attached hydrogen (secondary N) is 1. The van der Waals surface area contributed by atoms with Crippen LogP contribution in [0.2, 0.25) is 10.0 Å². The Morgan fingerprint density at radius 3 is 2.19 bits per heavy atom. The highest BCUT2D eigenvalue weighted by atomic mass is 35.5. The summed E-state index contributed by atoms with van der Waals surface area (Å²) in [5.74, 6) is -0.164. The number of carbonyl (C=O) groups excluding carboxylic acids is 2. The Kier molecular flexibility index (Phi) is 6.68. The van der Waals surface area contributed by atoms with Crippen LogP contribution in [0.3, 0.4) is 0 Å². The number of amides is 2. The van der Waals surface area contributed by atoms with E-state index < -0.39 is 0 Å². The van der Waals surface area contributed by atoms with Crippen molar-refractivity contribution in [2.24, 2.45) is 0 Å². The topological polar surface area (TPSA) is 52.7 Å². The second-order valence-electron chi connectivity index (χ2n) is 7.72. The molecule has 0 aromatic heterocycles. The van der Waals surface area contributed by atoms with Gasteiger partial charge in [-0.05, 0) is 61.0 Å². The van der Waals surface area contributed by atoms with E-state index in [1.54, 1.807) is 18.2 Å². The van der Waals surface area contributed by atoms with Crippen LogP contribution in [0.4, 0.5) is 11.4 Å². The van der Waals surface area contributed by atoms with Crippen molar-refractivity contribution in [1.29, 1.82) is 0 Å². The number of carbonyl (C=O) groups is 2. The van der Waals surface area contributed by atoms with Gasteiger partial charge in [0.15, 0.2) is 0 Å². The molecule has 2 amide bonds. The average Bonchev–Trinajstić information content (AvgIpc) is 2.81. The number of nitrogens with zero attached hydrogens (tertiary/aromatic N) is 2. The molecule has 1 saturated heterocycles. The molecule has 0 radical (unpaired) electrons. The zero-order chi connectivity index (χ0) is 22.7. The SMILES string of the molecule is Cc1ccccc1C(=O)N1CCN(c2ccc(NC(=O)c3ccc(Cl)c(Cl)c3)cc2)CC1. The van der Waals surface area contributed by atoms with Gasteiger partial charge in [-0.15, -0.1) is 0 Å². The Morgan fingerprint density at radius 1 is 0.844 bits per heavy atom. The van der Waals surface area contributed by atoms with Gasteiger partial charge in [-0.3, -0.25) is 9.59 Å². The first-order valence-electron chi connectivity index (χ1n) is 10.4. The van der Waals surface area contributed by atoms with Crippen molar-refractivity contribution in [1.82, 2.24) is 4.90 Å². The van der Waals surface area contributed by atoms with Crippen molar-refractivity contribution < 1.29 is 9.59 Å².